The van der Waals surface area contributed by atoms with Gasteiger partial charge < -0.3 is 19.9 Å². The first kappa shape index (κ1) is 18.5. The summed E-state index contributed by atoms with van der Waals surface area (Å²) in [6, 6.07) is 0.550. The zero-order chi connectivity index (χ0) is 16.7. The van der Waals surface area contributed by atoms with Crippen LogP contribution in [0.2, 0.25) is 0 Å². The molecule has 2 aliphatic rings. The summed E-state index contributed by atoms with van der Waals surface area (Å²) in [6.07, 6.45) is 3.64. The molecular weight excluding hydrogens is 290 g/mol. The zero-order valence-corrected chi connectivity index (χ0v) is 15.4. The minimum absolute atomic E-state index is 0.550. The summed E-state index contributed by atoms with van der Waals surface area (Å²) < 4.78 is 5.44. The molecule has 134 valence electrons. The molecule has 2 fully saturated rings. The van der Waals surface area contributed by atoms with Crippen LogP contribution in [0.25, 0.3) is 0 Å². The van der Waals surface area contributed by atoms with Gasteiger partial charge in [-0.05, 0) is 39.3 Å². The summed E-state index contributed by atoms with van der Waals surface area (Å²) in [7, 11) is 8.45. The molecule has 2 heterocycles. The van der Waals surface area contributed by atoms with E-state index in [1.165, 1.54) is 19.3 Å². The van der Waals surface area contributed by atoms with Gasteiger partial charge in [-0.1, -0.05) is 0 Å². The smallest absolute Gasteiger partial charge is 0.193 e. The Balaban J connectivity index is 1.72. The molecule has 2 saturated heterocycles. The monoisotopic (exact) mass is 325 g/mol. The molecule has 2 rings (SSSR count). The lowest BCUT2D eigenvalue weighted by Crippen LogP contribution is -2.55. The highest BCUT2D eigenvalue weighted by Crippen LogP contribution is 2.18. The molecule has 0 amide bonds. The maximum absolute atomic E-state index is 5.44. The normalized spacial score (nSPS) is 25.6. The number of likely N-dealkylation sites (N-methyl/N-ethyl adjacent to an activating group) is 2. The fourth-order valence-corrected chi connectivity index (χ4v) is 3.43. The molecule has 6 heteroatoms. The SMILES string of the molecule is CN=C(NCC1CN(C)CCN1C)N(C)CCC1CCOCC1. The molecule has 0 aromatic rings. The number of ether oxygens (including phenoxy) is 1. The molecule has 0 aromatic carbocycles. The highest BCUT2D eigenvalue weighted by Gasteiger charge is 2.22. The number of rotatable bonds is 5. The van der Waals surface area contributed by atoms with Crippen molar-refractivity contribution >= 4 is 5.96 Å². The van der Waals surface area contributed by atoms with E-state index >= 15 is 0 Å². The lowest BCUT2D eigenvalue weighted by atomic mass is 9.96. The summed E-state index contributed by atoms with van der Waals surface area (Å²) in [4.78, 5) is 11.6. The predicted molar refractivity (Wildman–Crippen MR) is 96.1 cm³/mol. The Labute approximate surface area is 141 Å². The maximum Gasteiger partial charge on any atom is 0.193 e. The van der Waals surface area contributed by atoms with Crippen molar-refractivity contribution in [2.24, 2.45) is 10.9 Å². The van der Waals surface area contributed by atoms with Gasteiger partial charge in [-0.15, -0.1) is 0 Å². The number of hydrogen-bond acceptors (Lipinski definition) is 4. The van der Waals surface area contributed by atoms with Crippen LogP contribution in [0.1, 0.15) is 19.3 Å². The van der Waals surface area contributed by atoms with Crippen LogP contribution in [0.4, 0.5) is 0 Å². The molecule has 1 unspecified atom stereocenters. The molecule has 1 N–H and O–H groups in total. The molecule has 23 heavy (non-hydrogen) atoms. The van der Waals surface area contributed by atoms with E-state index in [2.05, 4.69) is 46.2 Å². The second-order valence-electron chi connectivity index (χ2n) is 7.09. The summed E-state index contributed by atoms with van der Waals surface area (Å²) >= 11 is 0. The van der Waals surface area contributed by atoms with Gasteiger partial charge in [0.05, 0.1) is 0 Å². The molecular formula is C17H35N5O. The first-order chi connectivity index (χ1) is 11.1. The summed E-state index contributed by atoms with van der Waals surface area (Å²) in [6.45, 7) is 7.30. The molecule has 0 bridgehead atoms. The molecule has 0 spiro atoms. The van der Waals surface area contributed by atoms with Gasteiger partial charge in [0.15, 0.2) is 5.96 Å². The van der Waals surface area contributed by atoms with Crippen LogP contribution in [0, 0.1) is 5.92 Å². The standard InChI is InChI=1S/C17H35N5O/c1-18-17(19-13-16-14-20(2)9-10-21(16)3)22(4)8-5-15-6-11-23-12-7-15/h15-16H,5-14H2,1-4H3,(H,18,19). The summed E-state index contributed by atoms with van der Waals surface area (Å²) in [5.41, 5.74) is 0. The quantitative estimate of drug-likeness (QED) is 0.591. The number of nitrogens with zero attached hydrogens (tertiary/aromatic N) is 4. The first-order valence-corrected chi connectivity index (χ1v) is 8.98. The van der Waals surface area contributed by atoms with E-state index in [4.69, 9.17) is 4.74 Å². The van der Waals surface area contributed by atoms with Gasteiger partial charge in [-0.2, -0.15) is 0 Å². The van der Waals surface area contributed by atoms with Crippen molar-refractivity contribution < 1.29 is 4.74 Å². The summed E-state index contributed by atoms with van der Waals surface area (Å²) in [5, 5.41) is 3.56. The third kappa shape index (κ3) is 5.94. The Kier molecular flexibility index (Phi) is 7.59. The number of aliphatic imine (C=N–C) groups is 1. The van der Waals surface area contributed by atoms with E-state index in [0.29, 0.717) is 6.04 Å². The molecule has 0 aromatic heterocycles. The van der Waals surface area contributed by atoms with E-state index in [1.54, 1.807) is 0 Å². The van der Waals surface area contributed by atoms with Crippen molar-refractivity contribution in [2.75, 3.05) is 74.1 Å². The average molecular weight is 326 g/mol. The molecule has 0 aliphatic carbocycles. The van der Waals surface area contributed by atoms with Gasteiger partial charge in [-0.25, -0.2) is 0 Å². The second-order valence-corrected chi connectivity index (χ2v) is 7.09. The average Bonchev–Trinajstić information content (AvgIpc) is 2.57. The second kappa shape index (κ2) is 9.45. The van der Waals surface area contributed by atoms with Crippen molar-refractivity contribution in [1.82, 2.24) is 20.0 Å². The van der Waals surface area contributed by atoms with Crippen molar-refractivity contribution in [2.45, 2.75) is 25.3 Å². The van der Waals surface area contributed by atoms with Crippen LogP contribution < -0.4 is 5.32 Å². The predicted octanol–water partition coefficient (Wildman–Crippen LogP) is 0.556. The first-order valence-electron chi connectivity index (χ1n) is 8.98. The van der Waals surface area contributed by atoms with Crippen molar-refractivity contribution in [3.8, 4) is 0 Å². The molecule has 0 radical (unpaired) electrons. The third-order valence-electron chi connectivity index (χ3n) is 5.26. The Morgan fingerprint density at radius 2 is 2.00 bits per heavy atom. The van der Waals surface area contributed by atoms with Crippen LogP contribution in [-0.4, -0.2) is 101 Å². The van der Waals surface area contributed by atoms with Gasteiger partial charge in [0.25, 0.3) is 0 Å². The highest BCUT2D eigenvalue weighted by atomic mass is 16.5. The molecule has 2 aliphatic heterocycles. The van der Waals surface area contributed by atoms with Gasteiger partial charge in [0, 0.05) is 66.1 Å². The Morgan fingerprint density at radius 3 is 2.70 bits per heavy atom. The Bertz CT molecular complexity index is 370. The fourth-order valence-electron chi connectivity index (χ4n) is 3.43. The number of hydrogen-bond donors (Lipinski definition) is 1. The van der Waals surface area contributed by atoms with E-state index in [0.717, 1.165) is 57.8 Å². The fraction of sp³-hybridized carbons (Fsp3) is 0.941. The van der Waals surface area contributed by atoms with Crippen molar-refractivity contribution in [1.29, 1.82) is 0 Å². The van der Waals surface area contributed by atoms with Crippen LogP contribution in [0.5, 0.6) is 0 Å². The van der Waals surface area contributed by atoms with Gasteiger partial charge in [0.1, 0.15) is 0 Å². The molecule has 0 saturated carbocycles. The maximum atomic E-state index is 5.44. The Morgan fingerprint density at radius 1 is 1.26 bits per heavy atom. The topological polar surface area (TPSA) is 43.3 Å². The number of nitrogens with one attached hydrogen (secondary N) is 1. The minimum Gasteiger partial charge on any atom is -0.381 e. The third-order valence-corrected chi connectivity index (χ3v) is 5.26. The van der Waals surface area contributed by atoms with Gasteiger partial charge >= 0.3 is 0 Å². The van der Waals surface area contributed by atoms with E-state index in [1.807, 2.05) is 7.05 Å². The number of piperazine rings is 1. The Hall–Kier alpha value is -0.850. The van der Waals surface area contributed by atoms with Gasteiger partial charge in [0.2, 0.25) is 0 Å². The summed E-state index contributed by atoms with van der Waals surface area (Å²) in [5.74, 6) is 1.82. The van der Waals surface area contributed by atoms with Crippen LogP contribution in [0.15, 0.2) is 4.99 Å². The largest absolute Gasteiger partial charge is 0.381 e. The van der Waals surface area contributed by atoms with E-state index in [9.17, 15) is 0 Å². The van der Waals surface area contributed by atoms with Crippen molar-refractivity contribution in [3.05, 3.63) is 0 Å². The van der Waals surface area contributed by atoms with E-state index in [-0.39, 0.29) is 0 Å². The minimum atomic E-state index is 0.550. The lowest BCUT2D eigenvalue weighted by Gasteiger charge is -2.38. The molecule has 6 nitrogen and oxygen atoms in total. The zero-order valence-electron chi connectivity index (χ0n) is 15.4. The van der Waals surface area contributed by atoms with Crippen LogP contribution in [0.3, 0.4) is 0 Å². The van der Waals surface area contributed by atoms with Gasteiger partial charge in [-0.3, -0.25) is 9.89 Å². The molecule has 1 atom stereocenters. The van der Waals surface area contributed by atoms with Crippen molar-refractivity contribution in [3.63, 3.8) is 0 Å². The number of guanidine groups is 1. The lowest BCUT2D eigenvalue weighted by molar-refractivity contribution is 0.0625. The highest BCUT2D eigenvalue weighted by molar-refractivity contribution is 5.79. The van der Waals surface area contributed by atoms with Crippen LogP contribution >= 0.6 is 0 Å². The van der Waals surface area contributed by atoms with E-state index < -0.39 is 0 Å². The van der Waals surface area contributed by atoms with Crippen LogP contribution in [-0.2, 0) is 4.74 Å².